The van der Waals surface area contributed by atoms with Crippen LogP contribution in [0.25, 0.3) is 0 Å². The second-order valence-electron chi connectivity index (χ2n) is 4.58. The van der Waals surface area contributed by atoms with Crippen LogP contribution in [0.2, 0.25) is 0 Å². The summed E-state index contributed by atoms with van der Waals surface area (Å²) in [6.07, 6.45) is -6.34. The normalized spacial score (nSPS) is 12.1. The molecule has 1 amide bonds. The van der Waals surface area contributed by atoms with Gasteiger partial charge < -0.3 is 10.4 Å². The Hall–Kier alpha value is -2.12. The van der Waals surface area contributed by atoms with Gasteiger partial charge in [-0.25, -0.2) is 9.18 Å². The van der Waals surface area contributed by atoms with E-state index in [1.165, 1.54) is 13.8 Å². The van der Waals surface area contributed by atoms with E-state index in [9.17, 15) is 27.2 Å². The average molecular weight is 293 g/mol. The number of rotatable bonds is 3. The van der Waals surface area contributed by atoms with Crippen LogP contribution in [0.3, 0.4) is 0 Å². The van der Waals surface area contributed by atoms with Gasteiger partial charge in [-0.15, -0.1) is 0 Å². The highest BCUT2D eigenvalue weighted by Crippen LogP contribution is 2.32. The molecule has 0 radical (unpaired) electrons. The summed E-state index contributed by atoms with van der Waals surface area (Å²) in [6.45, 7) is 2.44. The van der Waals surface area contributed by atoms with Gasteiger partial charge in [-0.3, -0.25) is 4.79 Å². The number of hydrogen-bond donors (Lipinski definition) is 2. The van der Waals surface area contributed by atoms with Crippen molar-refractivity contribution in [3.8, 4) is 0 Å². The highest BCUT2D eigenvalue weighted by Gasteiger charge is 2.36. The second kappa shape index (κ2) is 5.10. The summed E-state index contributed by atoms with van der Waals surface area (Å²) < 4.78 is 50.5. The number of carbonyl (C=O) groups excluding carboxylic acids is 1. The SMILES string of the molecule is CC(C)(NC(=O)O)C(=O)c1ccc(C(F)(F)F)c(F)c1. The summed E-state index contributed by atoms with van der Waals surface area (Å²) >= 11 is 0. The first-order valence-electron chi connectivity index (χ1n) is 5.38. The fourth-order valence-electron chi connectivity index (χ4n) is 1.57. The summed E-state index contributed by atoms with van der Waals surface area (Å²) in [7, 11) is 0. The Kier molecular flexibility index (Phi) is 4.07. The van der Waals surface area contributed by atoms with Crippen molar-refractivity contribution in [3.05, 3.63) is 35.1 Å². The maximum atomic E-state index is 13.3. The number of nitrogens with one attached hydrogen (secondary N) is 1. The number of benzene rings is 1. The van der Waals surface area contributed by atoms with Crippen LogP contribution in [0, 0.1) is 5.82 Å². The van der Waals surface area contributed by atoms with Crippen LogP contribution in [0.4, 0.5) is 22.4 Å². The molecule has 1 aromatic carbocycles. The molecule has 1 aromatic rings. The second-order valence-corrected chi connectivity index (χ2v) is 4.58. The van der Waals surface area contributed by atoms with Gasteiger partial charge in [0.2, 0.25) is 0 Å². The van der Waals surface area contributed by atoms with E-state index < -0.39 is 35.0 Å². The van der Waals surface area contributed by atoms with Gasteiger partial charge in [-0.1, -0.05) is 6.07 Å². The van der Waals surface area contributed by atoms with Gasteiger partial charge in [0, 0.05) is 5.56 Å². The summed E-state index contributed by atoms with van der Waals surface area (Å²) in [5.41, 5.74) is -3.43. The van der Waals surface area contributed by atoms with Gasteiger partial charge in [0.1, 0.15) is 11.4 Å². The molecule has 0 bridgehead atoms. The van der Waals surface area contributed by atoms with Gasteiger partial charge in [0.15, 0.2) is 5.78 Å². The Bertz CT molecular complexity index is 552. The van der Waals surface area contributed by atoms with E-state index in [4.69, 9.17) is 5.11 Å². The number of amides is 1. The van der Waals surface area contributed by atoms with Gasteiger partial charge in [0.05, 0.1) is 5.56 Å². The fourth-order valence-corrected chi connectivity index (χ4v) is 1.57. The van der Waals surface area contributed by atoms with E-state index in [0.29, 0.717) is 12.1 Å². The maximum Gasteiger partial charge on any atom is 0.419 e. The van der Waals surface area contributed by atoms with E-state index >= 15 is 0 Å². The molecule has 4 nitrogen and oxygen atoms in total. The molecule has 0 aliphatic heterocycles. The average Bonchev–Trinajstić information content (AvgIpc) is 2.24. The van der Waals surface area contributed by atoms with E-state index in [1.807, 2.05) is 5.32 Å². The largest absolute Gasteiger partial charge is 0.465 e. The van der Waals surface area contributed by atoms with E-state index in [2.05, 4.69) is 0 Å². The molecule has 2 N–H and O–H groups in total. The first-order valence-corrected chi connectivity index (χ1v) is 5.38. The molecule has 110 valence electrons. The highest BCUT2D eigenvalue weighted by molar-refractivity contribution is 6.04. The van der Waals surface area contributed by atoms with E-state index in [-0.39, 0.29) is 5.56 Å². The van der Waals surface area contributed by atoms with Crippen molar-refractivity contribution in [2.75, 3.05) is 0 Å². The molecule has 0 aliphatic carbocycles. The maximum absolute atomic E-state index is 13.3. The van der Waals surface area contributed by atoms with Gasteiger partial charge in [0.25, 0.3) is 0 Å². The van der Waals surface area contributed by atoms with E-state index in [0.717, 1.165) is 6.07 Å². The zero-order chi connectivity index (χ0) is 15.7. The summed E-state index contributed by atoms with van der Waals surface area (Å²) in [6, 6.07) is 1.69. The Morgan fingerprint density at radius 3 is 2.15 bits per heavy atom. The van der Waals surface area contributed by atoms with Crippen LogP contribution >= 0.6 is 0 Å². The van der Waals surface area contributed by atoms with Gasteiger partial charge in [-0.05, 0) is 26.0 Å². The Morgan fingerprint density at radius 2 is 1.75 bits per heavy atom. The predicted octanol–water partition coefficient (Wildman–Crippen LogP) is 3.07. The minimum absolute atomic E-state index is 0.353. The van der Waals surface area contributed by atoms with Crippen LogP contribution < -0.4 is 5.32 Å². The van der Waals surface area contributed by atoms with Gasteiger partial charge >= 0.3 is 12.3 Å². The number of Topliss-reactive ketones (excluding diaryl/α,β-unsaturated/α-hetero) is 1. The number of ketones is 1. The molecule has 8 heteroatoms. The first-order chi connectivity index (χ1) is 8.95. The number of carboxylic acid groups (broad SMARTS) is 1. The van der Waals surface area contributed by atoms with Crippen LogP contribution in [0.15, 0.2) is 18.2 Å². The lowest BCUT2D eigenvalue weighted by Gasteiger charge is -2.23. The van der Waals surface area contributed by atoms with Crippen molar-refractivity contribution in [1.82, 2.24) is 5.32 Å². The zero-order valence-corrected chi connectivity index (χ0v) is 10.5. The lowest BCUT2D eigenvalue weighted by Crippen LogP contribution is -2.49. The van der Waals surface area contributed by atoms with Crippen molar-refractivity contribution in [2.45, 2.75) is 25.6 Å². The van der Waals surface area contributed by atoms with Crippen molar-refractivity contribution < 1.29 is 32.3 Å². The Morgan fingerprint density at radius 1 is 1.20 bits per heavy atom. The van der Waals surface area contributed by atoms with Crippen LogP contribution in [-0.4, -0.2) is 22.5 Å². The minimum atomic E-state index is -4.86. The summed E-state index contributed by atoms with van der Waals surface area (Å²) in [5.74, 6) is -2.43. The highest BCUT2D eigenvalue weighted by atomic mass is 19.4. The predicted molar refractivity (Wildman–Crippen MR) is 61.0 cm³/mol. The standard InChI is InChI=1S/C12H11F4NO3/c1-11(2,17-10(19)20)9(18)6-3-4-7(8(13)5-6)12(14,15)16/h3-5,17H,1-2H3,(H,19,20). The quantitative estimate of drug-likeness (QED) is 0.665. The number of halogens is 4. The summed E-state index contributed by atoms with van der Waals surface area (Å²) in [4.78, 5) is 22.5. The van der Waals surface area contributed by atoms with Crippen LogP contribution in [0.1, 0.15) is 29.8 Å². The van der Waals surface area contributed by atoms with Crippen LogP contribution in [0.5, 0.6) is 0 Å². The molecule has 0 aliphatic rings. The number of carbonyl (C=O) groups is 2. The molecule has 0 saturated carbocycles. The molecule has 0 saturated heterocycles. The lowest BCUT2D eigenvalue weighted by molar-refractivity contribution is -0.140. The molecule has 0 unspecified atom stereocenters. The number of hydrogen-bond acceptors (Lipinski definition) is 2. The van der Waals surface area contributed by atoms with Crippen molar-refractivity contribution in [3.63, 3.8) is 0 Å². The molecule has 20 heavy (non-hydrogen) atoms. The smallest absolute Gasteiger partial charge is 0.419 e. The van der Waals surface area contributed by atoms with Crippen molar-refractivity contribution >= 4 is 11.9 Å². The zero-order valence-electron chi connectivity index (χ0n) is 10.5. The van der Waals surface area contributed by atoms with Crippen molar-refractivity contribution in [2.24, 2.45) is 0 Å². The van der Waals surface area contributed by atoms with Gasteiger partial charge in [-0.2, -0.15) is 13.2 Å². The third-order valence-electron chi connectivity index (χ3n) is 2.52. The summed E-state index contributed by atoms with van der Waals surface area (Å²) in [5, 5.41) is 10.5. The molecule has 0 aromatic heterocycles. The molecule has 0 heterocycles. The molecular weight excluding hydrogens is 282 g/mol. The van der Waals surface area contributed by atoms with Crippen molar-refractivity contribution in [1.29, 1.82) is 0 Å². The molecule has 0 fully saturated rings. The lowest BCUT2D eigenvalue weighted by atomic mass is 9.92. The molecular formula is C12H11F4NO3. The topological polar surface area (TPSA) is 66.4 Å². The molecule has 0 spiro atoms. The monoisotopic (exact) mass is 293 g/mol. The first kappa shape index (κ1) is 15.9. The van der Waals surface area contributed by atoms with E-state index in [1.54, 1.807) is 0 Å². The Balaban J connectivity index is 3.14. The fraction of sp³-hybridized carbons (Fsp3) is 0.333. The minimum Gasteiger partial charge on any atom is -0.465 e. The molecule has 0 atom stereocenters. The Labute approximate surface area is 111 Å². The number of alkyl halides is 3. The van der Waals surface area contributed by atoms with Crippen LogP contribution in [-0.2, 0) is 6.18 Å². The third-order valence-corrected chi connectivity index (χ3v) is 2.52. The third kappa shape index (κ3) is 3.46. The molecule has 1 rings (SSSR count).